The highest BCUT2D eigenvalue weighted by atomic mass is 16.2. The molecule has 0 atom stereocenters. The second-order valence-corrected chi connectivity index (χ2v) is 7.52. The first kappa shape index (κ1) is 17.9. The molecule has 4 rings (SSSR count). The highest BCUT2D eigenvalue weighted by Gasteiger charge is 2.29. The van der Waals surface area contributed by atoms with Gasteiger partial charge in [-0.3, -0.25) is 9.69 Å². The van der Waals surface area contributed by atoms with E-state index in [1.54, 1.807) is 7.05 Å². The first-order valence-corrected chi connectivity index (χ1v) is 9.79. The van der Waals surface area contributed by atoms with E-state index in [9.17, 15) is 4.79 Å². The summed E-state index contributed by atoms with van der Waals surface area (Å²) in [5.41, 5.74) is 5.18. The summed E-state index contributed by atoms with van der Waals surface area (Å²) in [6, 6.07) is 8.62. The van der Waals surface area contributed by atoms with E-state index in [0.717, 1.165) is 63.2 Å². The van der Waals surface area contributed by atoms with E-state index < -0.39 is 0 Å². The number of aromatic nitrogens is 2. The summed E-state index contributed by atoms with van der Waals surface area (Å²) >= 11 is 0. The molecule has 3 heterocycles. The molecule has 1 aromatic carbocycles. The minimum atomic E-state index is 0.0556. The summed E-state index contributed by atoms with van der Waals surface area (Å²) in [7, 11) is 1.80. The van der Waals surface area contributed by atoms with Crippen LogP contribution >= 0.6 is 0 Å². The minimum Gasteiger partial charge on any atom is -0.357 e. The number of rotatable bonds is 4. The van der Waals surface area contributed by atoms with Crippen molar-refractivity contribution in [3.05, 3.63) is 52.3 Å². The molecule has 0 spiro atoms. The molecule has 1 N–H and O–H groups in total. The van der Waals surface area contributed by atoms with Gasteiger partial charge in [0.1, 0.15) is 5.69 Å². The number of benzene rings is 1. The number of nitrogens with one attached hydrogen (secondary N) is 1. The standard InChI is InChI=1S/C21H27N5O/c1-15-6-5-7-16(12-15)13-25-11-8-18-17(14-25)19(24-21(22-2)23-18)20(27)26-9-3-4-10-26/h5-7,12H,3-4,8-11,13-14H2,1-2H3,(H,22,23,24). The molecule has 0 aliphatic carbocycles. The second kappa shape index (κ2) is 7.64. The van der Waals surface area contributed by atoms with Crippen molar-refractivity contribution in [3.63, 3.8) is 0 Å². The molecule has 27 heavy (non-hydrogen) atoms. The molecule has 6 nitrogen and oxygen atoms in total. The molecule has 2 aromatic rings. The van der Waals surface area contributed by atoms with E-state index in [1.807, 2.05) is 4.90 Å². The lowest BCUT2D eigenvalue weighted by Gasteiger charge is -2.30. The number of likely N-dealkylation sites (tertiary alicyclic amines) is 1. The van der Waals surface area contributed by atoms with Crippen molar-refractivity contribution in [2.45, 2.75) is 39.3 Å². The van der Waals surface area contributed by atoms with Gasteiger partial charge in [-0.05, 0) is 25.3 Å². The second-order valence-electron chi connectivity index (χ2n) is 7.52. The fraction of sp³-hybridized carbons (Fsp3) is 0.476. The Kier molecular flexibility index (Phi) is 5.07. The van der Waals surface area contributed by atoms with Gasteiger partial charge in [-0.15, -0.1) is 0 Å². The Balaban J connectivity index is 1.61. The Bertz CT molecular complexity index is 844. The molecule has 2 aliphatic rings. The van der Waals surface area contributed by atoms with Crippen molar-refractivity contribution in [2.75, 3.05) is 32.0 Å². The van der Waals surface area contributed by atoms with Gasteiger partial charge < -0.3 is 10.2 Å². The van der Waals surface area contributed by atoms with Crippen LogP contribution in [0.1, 0.15) is 45.7 Å². The number of aryl methyl sites for hydroxylation is 1. The van der Waals surface area contributed by atoms with Gasteiger partial charge >= 0.3 is 0 Å². The minimum absolute atomic E-state index is 0.0556. The molecule has 1 amide bonds. The highest BCUT2D eigenvalue weighted by Crippen LogP contribution is 2.25. The normalized spacial score (nSPS) is 17.0. The maximum Gasteiger partial charge on any atom is 0.273 e. The van der Waals surface area contributed by atoms with Gasteiger partial charge in [0, 0.05) is 51.8 Å². The van der Waals surface area contributed by atoms with Crippen LogP contribution in [-0.2, 0) is 19.5 Å². The number of carbonyl (C=O) groups excluding carboxylic acids is 1. The smallest absolute Gasteiger partial charge is 0.273 e. The molecule has 0 bridgehead atoms. The maximum atomic E-state index is 13.1. The zero-order chi connectivity index (χ0) is 18.8. The Morgan fingerprint density at radius 1 is 1.19 bits per heavy atom. The van der Waals surface area contributed by atoms with Gasteiger partial charge in [0.25, 0.3) is 5.91 Å². The summed E-state index contributed by atoms with van der Waals surface area (Å²) in [4.78, 5) is 26.6. The van der Waals surface area contributed by atoms with E-state index in [4.69, 9.17) is 0 Å². The Labute approximate surface area is 160 Å². The van der Waals surface area contributed by atoms with Crippen LogP contribution in [0.25, 0.3) is 0 Å². The lowest BCUT2D eigenvalue weighted by atomic mass is 10.0. The van der Waals surface area contributed by atoms with Crippen molar-refractivity contribution >= 4 is 11.9 Å². The Morgan fingerprint density at radius 3 is 2.74 bits per heavy atom. The molecular formula is C21H27N5O. The molecule has 0 saturated carbocycles. The number of nitrogens with zero attached hydrogens (tertiary/aromatic N) is 4. The molecule has 6 heteroatoms. The first-order valence-electron chi connectivity index (χ1n) is 9.79. The molecule has 1 fully saturated rings. The number of hydrogen-bond donors (Lipinski definition) is 1. The van der Waals surface area contributed by atoms with Crippen molar-refractivity contribution in [3.8, 4) is 0 Å². The predicted octanol–water partition coefficient (Wildman–Crippen LogP) is 2.62. The van der Waals surface area contributed by atoms with E-state index in [-0.39, 0.29) is 5.91 Å². The van der Waals surface area contributed by atoms with Crippen LogP contribution in [0, 0.1) is 6.92 Å². The van der Waals surface area contributed by atoms with E-state index in [1.165, 1.54) is 11.1 Å². The van der Waals surface area contributed by atoms with E-state index >= 15 is 0 Å². The number of fused-ring (bicyclic) bond motifs is 1. The van der Waals surface area contributed by atoms with Crippen molar-refractivity contribution in [1.29, 1.82) is 0 Å². The van der Waals surface area contributed by atoms with Crippen molar-refractivity contribution < 1.29 is 4.79 Å². The molecule has 2 aliphatic heterocycles. The fourth-order valence-electron chi connectivity index (χ4n) is 4.03. The summed E-state index contributed by atoms with van der Waals surface area (Å²) < 4.78 is 0. The van der Waals surface area contributed by atoms with Crippen LogP contribution in [0.4, 0.5) is 5.95 Å². The van der Waals surface area contributed by atoms with Crippen molar-refractivity contribution in [2.24, 2.45) is 0 Å². The molecule has 1 saturated heterocycles. The van der Waals surface area contributed by atoms with Gasteiger partial charge in [0.15, 0.2) is 0 Å². The zero-order valence-corrected chi connectivity index (χ0v) is 16.2. The van der Waals surface area contributed by atoms with Gasteiger partial charge in [-0.25, -0.2) is 9.97 Å². The fourth-order valence-corrected chi connectivity index (χ4v) is 4.03. The SMILES string of the molecule is CNc1nc2c(c(C(=O)N3CCCC3)n1)CN(Cc1cccc(C)c1)CC2. The van der Waals surface area contributed by atoms with Crippen LogP contribution in [0.15, 0.2) is 24.3 Å². The topological polar surface area (TPSA) is 61.4 Å². The lowest BCUT2D eigenvalue weighted by molar-refractivity contribution is 0.0783. The zero-order valence-electron chi connectivity index (χ0n) is 16.2. The van der Waals surface area contributed by atoms with Crippen LogP contribution in [0.5, 0.6) is 0 Å². The molecule has 0 radical (unpaired) electrons. The Morgan fingerprint density at radius 2 is 2.00 bits per heavy atom. The Hall–Kier alpha value is -2.47. The van der Waals surface area contributed by atoms with Crippen LogP contribution < -0.4 is 5.32 Å². The lowest BCUT2D eigenvalue weighted by Crippen LogP contribution is -2.35. The van der Waals surface area contributed by atoms with Crippen LogP contribution in [0.3, 0.4) is 0 Å². The molecular weight excluding hydrogens is 338 g/mol. The highest BCUT2D eigenvalue weighted by molar-refractivity contribution is 5.94. The predicted molar refractivity (Wildman–Crippen MR) is 106 cm³/mol. The van der Waals surface area contributed by atoms with Gasteiger partial charge in [0.2, 0.25) is 5.95 Å². The largest absolute Gasteiger partial charge is 0.357 e. The third-order valence-electron chi connectivity index (χ3n) is 5.45. The third kappa shape index (κ3) is 3.81. The van der Waals surface area contributed by atoms with Crippen molar-refractivity contribution in [1.82, 2.24) is 19.8 Å². The first-order chi connectivity index (χ1) is 13.1. The number of amides is 1. The van der Waals surface area contributed by atoms with Gasteiger partial charge in [-0.2, -0.15) is 0 Å². The molecule has 1 aromatic heterocycles. The number of carbonyl (C=O) groups is 1. The number of anilines is 1. The quantitative estimate of drug-likeness (QED) is 0.902. The third-order valence-corrected chi connectivity index (χ3v) is 5.45. The summed E-state index contributed by atoms with van der Waals surface area (Å²) in [5, 5.41) is 3.01. The van der Waals surface area contributed by atoms with Crippen LogP contribution in [-0.4, -0.2) is 52.4 Å². The van der Waals surface area contributed by atoms with Crippen LogP contribution in [0.2, 0.25) is 0 Å². The molecule has 0 unspecified atom stereocenters. The van der Waals surface area contributed by atoms with E-state index in [0.29, 0.717) is 11.6 Å². The molecule has 142 valence electrons. The monoisotopic (exact) mass is 365 g/mol. The number of hydrogen-bond acceptors (Lipinski definition) is 5. The summed E-state index contributed by atoms with van der Waals surface area (Å²) in [5.74, 6) is 0.600. The maximum absolute atomic E-state index is 13.1. The average molecular weight is 365 g/mol. The van der Waals surface area contributed by atoms with E-state index in [2.05, 4.69) is 51.4 Å². The average Bonchev–Trinajstić information content (AvgIpc) is 3.21. The summed E-state index contributed by atoms with van der Waals surface area (Å²) in [6.45, 7) is 6.33. The van der Waals surface area contributed by atoms with Gasteiger partial charge in [-0.1, -0.05) is 29.8 Å². The summed E-state index contributed by atoms with van der Waals surface area (Å²) in [6.07, 6.45) is 3.01. The van der Waals surface area contributed by atoms with Gasteiger partial charge in [0.05, 0.1) is 5.69 Å².